The number of phenols is 1. The van der Waals surface area contributed by atoms with Crippen LogP contribution in [0.3, 0.4) is 0 Å². The zero-order valence-corrected chi connectivity index (χ0v) is 18.5. The van der Waals surface area contributed by atoms with Crippen LogP contribution in [0, 0.1) is 3.57 Å². The second-order valence-corrected chi connectivity index (χ2v) is 8.06. The van der Waals surface area contributed by atoms with Gasteiger partial charge >= 0.3 is 12.1 Å². The molecule has 28 heavy (non-hydrogen) atoms. The van der Waals surface area contributed by atoms with E-state index in [1.54, 1.807) is 48.5 Å². The number of carbonyl (C=O) groups excluding carboxylic acids is 1. The third kappa shape index (κ3) is 7.51. The Hall–Kier alpha value is -2.07. The van der Waals surface area contributed by atoms with Crippen LogP contribution in [-0.4, -0.2) is 22.3 Å². The summed E-state index contributed by atoms with van der Waals surface area (Å²) in [7, 11) is 0. The van der Waals surface area contributed by atoms with Crippen LogP contribution >= 0.6 is 38.5 Å². The second kappa shape index (κ2) is 11.1. The van der Waals surface area contributed by atoms with E-state index in [-0.39, 0.29) is 5.75 Å². The van der Waals surface area contributed by atoms with Crippen molar-refractivity contribution in [2.75, 3.05) is 5.32 Å². The monoisotopic (exact) mass is 559 g/mol. The minimum atomic E-state index is -1.00. The number of phenolic OH excluding ortho intramolecular Hbond substituents is 1. The highest BCUT2D eigenvalue weighted by atomic mass is 127. The number of unbranched alkanes of at least 4 members (excludes halogenated alkanes) is 1. The van der Waals surface area contributed by atoms with Crippen LogP contribution in [0.4, 0.5) is 10.5 Å². The normalized spacial score (nSPS) is 11.9. The van der Waals surface area contributed by atoms with E-state index >= 15 is 0 Å². The predicted molar refractivity (Wildman–Crippen MR) is 118 cm³/mol. The number of ether oxygens (including phenoxy) is 1. The molecule has 8 heteroatoms. The van der Waals surface area contributed by atoms with Crippen molar-refractivity contribution in [1.29, 1.82) is 0 Å². The Morgan fingerprint density at radius 3 is 2.61 bits per heavy atom. The molecular weight excluding hydrogens is 541 g/mol. The quantitative estimate of drug-likeness (QED) is 0.214. The number of carbonyl (C=O) groups is 2. The number of carboxylic acid groups (broad SMARTS) is 1. The van der Waals surface area contributed by atoms with Gasteiger partial charge in [-0.1, -0.05) is 22.0 Å². The van der Waals surface area contributed by atoms with E-state index < -0.39 is 18.2 Å². The molecule has 6 nitrogen and oxygen atoms in total. The summed E-state index contributed by atoms with van der Waals surface area (Å²) >= 11 is 5.45. The number of amides is 1. The summed E-state index contributed by atoms with van der Waals surface area (Å²) in [5.74, 6) is -0.958. The number of halogens is 2. The molecule has 0 saturated carbocycles. The van der Waals surface area contributed by atoms with Gasteiger partial charge in [0, 0.05) is 25.4 Å². The molecule has 3 N–H and O–H groups in total. The number of rotatable bonds is 8. The molecule has 1 atom stereocenters. The van der Waals surface area contributed by atoms with Crippen LogP contribution in [0.25, 0.3) is 0 Å². The van der Waals surface area contributed by atoms with Crippen molar-refractivity contribution < 1.29 is 24.5 Å². The molecule has 2 rings (SSSR count). The summed E-state index contributed by atoms with van der Waals surface area (Å²) in [6.45, 7) is 0. The molecule has 148 valence electrons. The summed E-state index contributed by atoms with van der Waals surface area (Å²) in [4.78, 5) is 22.9. The largest absolute Gasteiger partial charge is 0.508 e. The van der Waals surface area contributed by atoms with Crippen molar-refractivity contribution in [2.24, 2.45) is 0 Å². The first-order valence-electron chi connectivity index (χ1n) is 8.46. The summed E-state index contributed by atoms with van der Waals surface area (Å²) in [5, 5.41) is 21.5. The second-order valence-electron chi connectivity index (χ2n) is 5.90. The highest BCUT2D eigenvalue weighted by molar-refractivity contribution is 14.1. The van der Waals surface area contributed by atoms with E-state index in [2.05, 4.69) is 43.8 Å². The molecule has 2 aromatic carbocycles. The average molecular weight is 560 g/mol. The fourth-order valence-corrected chi connectivity index (χ4v) is 3.26. The number of anilines is 1. The number of hydrogen-bond acceptors (Lipinski definition) is 4. The highest BCUT2D eigenvalue weighted by Gasteiger charge is 2.20. The molecule has 1 amide bonds. The van der Waals surface area contributed by atoms with Crippen molar-refractivity contribution in [3.8, 4) is 5.75 Å². The van der Waals surface area contributed by atoms with Crippen LogP contribution in [0.2, 0.25) is 0 Å². The van der Waals surface area contributed by atoms with Crippen LogP contribution in [-0.2, 0) is 9.53 Å². The van der Waals surface area contributed by atoms with Crippen LogP contribution in [0.1, 0.15) is 30.9 Å². The third-order valence-electron chi connectivity index (χ3n) is 3.77. The lowest BCUT2D eigenvalue weighted by atomic mass is 10.0. The molecular formula is C20H19BrINO5. The molecule has 0 fully saturated rings. The SMILES string of the molecule is O=C(O)/C=C/CCC[C@H](OC(=O)Nc1ccc(Br)cc1)c1cc(I)ccc1O. The van der Waals surface area contributed by atoms with Gasteiger partial charge in [0.2, 0.25) is 0 Å². The Morgan fingerprint density at radius 2 is 1.93 bits per heavy atom. The van der Waals surface area contributed by atoms with Gasteiger partial charge in [-0.2, -0.15) is 0 Å². The minimum Gasteiger partial charge on any atom is -0.508 e. The molecule has 0 aliphatic rings. The molecule has 0 saturated heterocycles. The smallest absolute Gasteiger partial charge is 0.412 e. The molecule has 0 aliphatic heterocycles. The lowest BCUT2D eigenvalue weighted by molar-refractivity contribution is -0.131. The first-order valence-corrected chi connectivity index (χ1v) is 10.3. The minimum absolute atomic E-state index is 0.0444. The summed E-state index contributed by atoms with van der Waals surface area (Å²) < 4.78 is 7.36. The number of aliphatic carboxylic acids is 1. The summed E-state index contributed by atoms with van der Waals surface area (Å²) in [5.41, 5.74) is 1.10. The van der Waals surface area contributed by atoms with Gasteiger partial charge in [-0.3, -0.25) is 5.32 Å². The average Bonchev–Trinajstić information content (AvgIpc) is 2.64. The van der Waals surface area contributed by atoms with E-state index in [1.807, 2.05) is 0 Å². The molecule has 0 heterocycles. The Balaban J connectivity index is 2.08. The maximum atomic E-state index is 12.3. The standard InChI is InChI=1S/C20H19BrINO5/c21-13-6-9-15(10-7-13)23-20(27)28-18(4-2-1-3-5-19(25)26)16-12-14(22)8-11-17(16)24/h3,5-12,18,24H,1-2,4H2,(H,23,27)(H,25,26)/b5-3+/t18-/m0/s1. The van der Waals surface area contributed by atoms with Crippen LogP contribution in [0.5, 0.6) is 5.75 Å². The number of hydrogen-bond donors (Lipinski definition) is 3. The summed E-state index contributed by atoms with van der Waals surface area (Å²) in [6, 6.07) is 12.2. The molecule has 2 aromatic rings. The van der Waals surface area contributed by atoms with Crippen LogP contribution in [0.15, 0.2) is 59.1 Å². The maximum Gasteiger partial charge on any atom is 0.412 e. The molecule has 0 aliphatic carbocycles. The van der Waals surface area contributed by atoms with Gasteiger partial charge in [0.15, 0.2) is 0 Å². The van der Waals surface area contributed by atoms with Gasteiger partial charge < -0.3 is 14.9 Å². The van der Waals surface area contributed by atoms with Crippen molar-refractivity contribution in [2.45, 2.75) is 25.4 Å². The highest BCUT2D eigenvalue weighted by Crippen LogP contribution is 2.32. The number of nitrogens with one attached hydrogen (secondary N) is 1. The van der Waals surface area contributed by atoms with Gasteiger partial charge in [0.1, 0.15) is 11.9 Å². The summed E-state index contributed by atoms with van der Waals surface area (Å²) in [6.07, 6.45) is 2.88. The van der Waals surface area contributed by atoms with Crippen LogP contribution < -0.4 is 5.32 Å². The number of carboxylic acids is 1. The predicted octanol–water partition coefficient (Wildman–Crippen LogP) is 5.86. The first kappa shape index (κ1) is 22.2. The van der Waals surface area contributed by atoms with Gasteiger partial charge in [0.05, 0.1) is 0 Å². The Labute approximate surface area is 184 Å². The third-order valence-corrected chi connectivity index (χ3v) is 4.97. The lowest BCUT2D eigenvalue weighted by Gasteiger charge is -2.20. The van der Waals surface area contributed by atoms with Gasteiger partial charge in [-0.25, -0.2) is 9.59 Å². The maximum absolute atomic E-state index is 12.3. The Bertz CT molecular complexity index is 854. The van der Waals surface area contributed by atoms with Gasteiger partial charge in [0.25, 0.3) is 0 Å². The molecule has 0 bridgehead atoms. The van der Waals surface area contributed by atoms with E-state index in [9.17, 15) is 14.7 Å². The van der Waals surface area contributed by atoms with Crippen molar-refractivity contribution >= 4 is 56.3 Å². The van der Waals surface area contributed by atoms with E-state index in [0.29, 0.717) is 30.5 Å². The van der Waals surface area contributed by atoms with Gasteiger partial charge in [-0.15, -0.1) is 0 Å². The van der Waals surface area contributed by atoms with E-state index in [0.717, 1.165) is 14.1 Å². The van der Waals surface area contributed by atoms with Crippen molar-refractivity contribution in [1.82, 2.24) is 0 Å². The lowest BCUT2D eigenvalue weighted by Crippen LogP contribution is -2.18. The van der Waals surface area contributed by atoms with Crippen molar-refractivity contribution in [3.63, 3.8) is 0 Å². The Kier molecular flexibility index (Phi) is 8.78. The first-order chi connectivity index (χ1) is 13.3. The molecule has 0 aromatic heterocycles. The number of aromatic hydroxyl groups is 1. The van der Waals surface area contributed by atoms with Gasteiger partial charge in [-0.05, 0) is 84.3 Å². The number of benzene rings is 2. The number of allylic oxidation sites excluding steroid dienone is 1. The van der Waals surface area contributed by atoms with E-state index in [4.69, 9.17) is 9.84 Å². The Morgan fingerprint density at radius 1 is 1.21 bits per heavy atom. The topological polar surface area (TPSA) is 95.9 Å². The molecule has 0 radical (unpaired) electrons. The zero-order valence-electron chi connectivity index (χ0n) is 14.8. The fraction of sp³-hybridized carbons (Fsp3) is 0.200. The zero-order chi connectivity index (χ0) is 20.5. The van der Waals surface area contributed by atoms with Crippen molar-refractivity contribution in [3.05, 3.63) is 68.2 Å². The van der Waals surface area contributed by atoms with E-state index in [1.165, 1.54) is 0 Å². The molecule has 0 spiro atoms. The molecule has 0 unspecified atom stereocenters. The fourth-order valence-electron chi connectivity index (χ4n) is 2.48.